The molecule has 0 unspecified atom stereocenters. The van der Waals surface area contributed by atoms with Crippen LogP contribution >= 0.6 is 34.0 Å². The van der Waals surface area contributed by atoms with E-state index in [1.807, 2.05) is 13.8 Å². The average Bonchev–Trinajstić information content (AvgIpc) is 3.87. The van der Waals surface area contributed by atoms with Gasteiger partial charge in [0.05, 0.1) is 32.7 Å². The number of nitrogens with two attached hydrogens (primary N) is 1. The molecule has 0 amide bonds. The number of hydrogen-bond acceptors (Lipinski definition) is 14. The van der Waals surface area contributed by atoms with Crippen LogP contribution < -0.4 is 15.5 Å². The number of esters is 3. The summed E-state index contributed by atoms with van der Waals surface area (Å²) in [5, 5.41) is 5.97. The molecule has 0 bridgehead atoms. The van der Waals surface area contributed by atoms with E-state index in [4.69, 9.17) is 15.2 Å². The second kappa shape index (κ2) is 21.9. The Morgan fingerprint density at radius 2 is 0.855 bits per heavy atom. The van der Waals surface area contributed by atoms with Crippen LogP contribution in [0.1, 0.15) is 111 Å². The van der Waals surface area contributed by atoms with E-state index in [2.05, 4.69) is 77.1 Å². The van der Waals surface area contributed by atoms with Crippen LogP contribution in [0.4, 0.5) is 17.1 Å². The van der Waals surface area contributed by atoms with Gasteiger partial charge in [0, 0.05) is 59.1 Å². The molecule has 0 aliphatic heterocycles. The highest BCUT2D eigenvalue weighted by molar-refractivity contribution is 7.13. The first-order chi connectivity index (χ1) is 26.1. The lowest BCUT2D eigenvalue weighted by Crippen LogP contribution is -2.42. The Labute approximate surface area is 341 Å². The lowest BCUT2D eigenvalue weighted by atomic mass is 9.89. The SMILES string of the molecule is CCN(c1csc(C(=O)OC)c1C)C1CCC(N(C)C)CC1.CCN(c1csc(C(=O)OC)c1C)C1CCC(N(C)C)CC1.COC(=O)c1scc(N)c1C. The van der Waals surface area contributed by atoms with Crippen molar-refractivity contribution in [3.63, 3.8) is 0 Å². The zero-order valence-electron chi connectivity index (χ0n) is 35.2. The molecular formula is C41H65N5O6S3. The third-order valence-electron chi connectivity index (χ3n) is 11.2. The van der Waals surface area contributed by atoms with Gasteiger partial charge in [0.15, 0.2) is 0 Å². The fourth-order valence-corrected chi connectivity index (χ4v) is 10.6. The van der Waals surface area contributed by atoms with Gasteiger partial charge < -0.3 is 39.5 Å². The van der Waals surface area contributed by atoms with Gasteiger partial charge in [-0.05, 0) is 131 Å². The molecule has 2 N–H and O–H groups in total. The zero-order valence-corrected chi connectivity index (χ0v) is 37.6. The van der Waals surface area contributed by atoms with E-state index in [-0.39, 0.29) is 17.9 Å². The number of anilines is 3. The molecule has 2 aliphatic rings. The molecule has 14 heteroatoms. The number of ether oxygens (including phenoxy) is 3. The molecule has 55 heavy (non-hydrogen) atoms. The van der Waals surface area contributed by atoms with Crippen LogP contribution in [0.15, 0.2) is 16.1 Å². The number of thiophene rings is 3. The van der Waals surface area contributed by atoms with Crippen molar-refractivity contribution in [2.45, 2.75) is 110 Å². The number of carbonyl (C=O) groups excluding carboxylic acids is 3. The molecule has 0 spiro atoms. The highest BCUT2D eigenvalue weighted by Gasteiger charge is 2.30. The summed E-state index contributed by atoms with van der Waals surface area (Å²) in [7, 11) is 12.9. The molecule has 0 atom stereocenters. The minimum absolute atomic E-state index is 0.221. The van der Waals surface area contributed by atoms with Gasteiger partial charge in [-0.1, -0.05) is 0 Å². The predicted octanol–water partition coefficient (Wildman–Crippen LogP) is 8.51. The fourth-order valence-electron chi connectivity index (χ4n) is 7.72. The number of nitrogen functional groups attached to an aromatic ring is 1. The van der Waals surface area contributed by atoms with Crippen molar-refractivity contribution in [3.05, 3.63) is 47.5 Å². The number of methoxy groups -OCH3 is 3. The third kappa shape index (κ3) is 11.7. The van der Waals surface area contributed by atoms with Crippen LogP contribution in [0.3, 0.4) is 0 Å². The van der Waals surface area contributed by atoms with Crippen LogP contribution in [0, 0.1) is 20.8 Å². The van der Waals surface area contributed by atoms with Crippen molar-refractivity contribution in [1.29, 1.82) is 0 Å². The maximum atomic E-state index is 11.8. The Hall–Kier alpha value is -3.17. The highest BCUT2D eigenvalue weighted by Crippen LogP contribution is 2.37. The van der Waals surface area contributed by atoms with Crippen molar-refractivity contribution in [2.24, 2.45) is 0 Å². The van der Waals surface area contributed by atoms with Gasteiger partial charge in [-0.2, -0.15) is 0 Å². The van der Waals surface area contributed by atoms with E-state index < -0.39 is 0 Å². The highest BCUT2D eigenvalue weighted by atomic mass is 32.1. The lowest BCUT2D eigenvalue weighted by molar-refractivity contribution is 0.0596. The molecule has 2 fully saturated rings. The normalized spacial score (nSPS) is 19.5. The van der Waals surface area contributed by atoms with Crippen molar-refractivity contribution < 1.29 is 28.6 Å². The maximum Gasteiger partial charge on any atom is 0.348 e. The molecule has 0 aromatic carbocycles. The van der Waals surface area contributed by atoms with Gasteiger partial charge in [0.2, 0.25) is 0 Å². The molecule has 3 heterocycles. The van der Waals surface area contributed by atoms with Gasteiger partial charge in [-0.15, -0.1) is 34.0 Å². The lowest BCUT2D eigenvalue weighted by Gasteiger charge is -2.39. The van der Waals surface area contributed by atoms with Gasteiger partial charge >= 0.3 is 17.9 Å². The molecule has 2 saturated carbocycles. The molecular weight excluding hydrogens is 755 g/mol. The first-order valence-electron chi connectivity index (χ1n) is 19.3. The van der Waals surface area contributed by atoms with Gasteiger partial charge in [0.1, 0.15) is 14.6 Å². The Kier molecular flexibility index (Phi) is 18.4. The van der Waals surface area contributed by atoms with Crippen molar-refractivity contribution in [3.8, 4) is 0 Å². The Morgan fingerprint density at radius 3 is 1.11 bits per heavy atom. The summed E-state index contributed by atoms with van der Waals surface area (Å²) in [6, 6.07) is 2.59. The first-order valence-corrected chi connectivity index (χ1v) is 21.9. The van der Waals surface area contributed by atoms with Crippen molar-refractivity contribution in [1.82, 2.24) is 9.80 Å². The van der Waals surface area contributed by atoms with Gasteiger partial charge in [-0.3, -0.25) is 0 Å². The second-order valence-corrected chi connectivity index (χ2v) is 17.3. The molecule has 3 aromatic rings. The maximum absolute atomic E-state index is 11.8. The summed E-state index contributed by atoms with van der Waals surface area (Å²) in [6.45, 7) is 12.2. The quantitative estimate of drug-likeness (QED) is 0.148. The number of rotatable bonds is 11. The van der Waals surface area contributed by atoms with Crippen LogP contribution in [0.25, 0.3) is 0 Å². The smallest absolute Gasteiger partial charge is 0.348 e. The Morgan fingerprint density at radius 1 is 0.564 bits per heavy atom. The minimum Gasteiger partial charge on any atom is -0.465 e. The summed E-state index contributed by atoms with van der Waals surface area (Å²) < 4.78 is 14.3. The van der Waals surface area contributed by atoms with E-state index in [9.17, 15) is 14.4 Å². The second-order valence-electron chi connectivity index (χ2n) is 14.7. The van der Waals surface area contributed by atoms with E-state index in [0.29, 0.717) is 34.7 Å². The van der Waals surface area contributed by atoms with Crippen LogP contribution in [-0.4, -0.2) is 114 Å². The standard InChI is InChI=1S/2C17H28N2O2S.C7H9NO2S/c2*1-6-19(14-9-7-13(8-10-14)18(3)4)15-11-22-16(12(15)2)17(20)21-5;1-4-5(8)3-11-6(4)7(9)10-2/h2*11,13-14H,6-10H2,1-5H3;3H,8H2,1-2H3. The molecule has 2 aliphatic carbocycles. The van der Waals surface area contributed by atoms with E-state index in [0.717, 1.165) is 39.5 Å². The summed E-state index contributed by atoms with van der Waals surface area (Å²) >= 11 is 4.30. The molecule has 308 valence electrons. The molecule has 5 rings (SSSR count). The van der Waals surface area contributed by atoms with Crippen molar-refractivity contribution >= 4 is 69.0 Å². The van der Waals surface area contributed by atoms with Gasteiger partial charge in [-0.25, -0.2) is 14.4 Å². The molecule has 11 nitrogen and oxygen atoms in total. The van der Waals surface area contributed by atoms with E-state index in [1.54, 1.807) is 12.3 Å². The topological polar surface area (TPSA) is 118 Å². The van der Waals surface area contributed by atoms with Crippen LogP contribution in [-0.2, 0) is 14.2 Å². The summed E-state index contributed by atoms with van der Waals surface area (Å²) in [6.07, 6.45) is 9.89. The van der Waals surface area contributed by atoms with E-state index >= 15 is 0 Å². The molecule has 0 radical (unpaired) electrons. The monoisotopic (exact) mass is 819 g/mol. The average molecular weight is 820 g/mol. The first kappa shape index (κ1) is 46.2. The zero-order chi connectivity index (χ0) is 41.0. The molecule has 0 saturated heterocycles. The Bertz CT molecular complexity index is 1580. The van der Waals surface area contributed by atoms with Crippen LogP contribution in [0.5, 0.6) is 0 Å². The third-order valence-corrected chi connectivity index (χ3v) is 14.4. The minimum atomic E-state index is -0.316. The van der Waals surface area contributed by atoms with Crippen LogP contribution in [0.2, 0.25) is 0 Å². The summed E-state index contributed by atoms with van der Waals surface area (Å²) in [5.74, 6) is -0.758. The fraction of sp³-hybridized carbons (Fsp3) is 0.634. The molecule has 3 aromatic heterocycles. The largest absolute Gasteiger partial charge is 0.465 e. The number of hydrogen-bond donors (Lipinski definition) is 1. The summed E-state index contributed by atoms with van der Waals surface area (Å²) in [4.78, 5) is 46.3. The van der Waals surface area contributed by atoms with Crippen molar-refractivity contribution in [2.75, 3.05) is 78.1 Å². The summed E-state index contributed by atoms with van der Waals surface area (Å²) in [5.41, 5.74) is 11.5. The number of carbonyl (C=O) groups is 3. The Balaban J connectivity index is 0.000000234. The predicted molar refractivity (Wildman–Crippen MR) is 231 cm³/mol. The van der Waals surface area contributed by atoms with E-state index in [1.165, 1.54) is 118 Å². The van der Waals surface area contributed by atoms with Gasteiger partial charge in [0.25, 0.3) is 0 Å². The number of nitrogens with zero attached hydrogens (tertiary/aromatic N) is 4.